The predicted octanol–water partition coefficient (Wildman–Crippen LogP) is 1.65. The van der Waals surface area contributed by atoms with Crippen molar-refractivity contribution in [1.82, 2.24) is 34.6 Å². The van der Waals surface area contributed by atoms with Crippen molar-refractivity contribution in [2.75, 3.05) is 13.1 Å². The molecule has 3 aromatic heterocycles. The molecular formula is C16H19N7O2. The largest absolute Gasteiger partial charge is 0.339 e. The molecule has 0 aromatic carbocycles. The van der Waals surface area contributed by atoms with Crippen molar-refractivity contribution in [3.05, 3.63) is 36.0 Å². The second kappa shape index (κ2) is 6.23. The van der Waals surface area contributed by atoms with Crippen molar-refractivity contribution in [3.63, 3.8) is 0 Å². The molecule has 1 atom stereocenters. The van der Waals surface area contributed by atoms with E-state index in [4.69, 9.17) is 4.52 Å². The van der Waals surface area contributed by atoms with E-state index in [1.165, 1.54) is 4.52 Å². The third-order valence-corrected chi connectivity index (χ3v) is 4.34. The molecule has 9 nitrogen and oxygen atoms in total. The van der Waals surface area contributed by atoms with Gasteiger partial charge in [-0.1, -0.05) is 19.0 Å². The van der Waals surface area contributed by atoms with Gasteiger partial charge in [-0.25, -0.2) is 9.50 Å². The molecule has 4 rings (SSSR count). The summed E-state index contributed by atoms with van der Waals surface area (Å²) < 4.78 is 6.90. The summed E-state index contributed by atoms with van der Waals surface area (Å²) in [7, 11) is 0. The first-order chi connectivity index (χ1) is 12.1. The molecule has 1 amide bonds. The molecule has 0 radical (unpaired) electrons. The van der Waals surface area contributed by atoms with Crippen LogP contribution in [0, 0.1) is 0 Å². The Morgan fingerprint density at radius 1 is 1.36 bits per heavy atom. The summed E-state index contributed by atoms with van der Waals surface area (Å²) in [4.78, 5) is 27.3. The molecule has 1 unspecified atom stereocenters. The van der Waals surface area contributed by atoms with Crippen molar-refractivity contribution in [1.29, 1.82) is 0 Å². The van der Waals surface area contributed by atoms with E-state index in [1.807, 2.05) is 13.8 Å². The minimum Gasteiger partial charge on any atom is -0.339 e. The average Bonchev–Trinajstić information content (AvgIpc) is 3.28. The number of nitrogens with zero attached hydrogens (tertiary/aromatic N) is 7. The first-order valence-corrected chi connectivity index (χ1v) is 8.42. The summed E-state index contributed by atoms with van der Waals surface area (Å²) in [5.41, 5.74) is 0. The maximum Gasteiger partial charge on any atom is 0.293 e. The van der Waals surface area contributed by atoms with Crippen LogP contribution in [0.15, 0.2) is 23.0 Å². The molecule has 1 saturated heterocycles. The number of piperidine rings is 1. The Morgan fingerprint density at radius 3 is 3.00 bits per heavy atom. The zero-order valence-electron chi connectivity index (χ0n) is 14.2. The Kier molecular flexibility index (Phi) is 3.90. The fourth-order valence-corrected chi connectivity index (χ4v) is 2.98. The van der Waals surface area contributed by atoms with E-state index in [9.17, 15) is 4.79 Å². The average molecular weight is 341 g/mol. The van der Waals surface area contributed by atoms with Crippen LogP contribution in [0.3, 0.4) is 0 Å². The zero-order chi connectivity index (χ0) is 17.4. The van der Waals surface area contributed by atoms with Gasteiger partial charge in [0.25, 0.3) is 11.7 Å². The van der Waals surface area contributed by atoms with Gasteiger partial charge in [0.1, 0.15) is 0 Å². The first-order valence-electron chi connectivity index (χ1n) is 8.42. The number of carbonyl (C=O) groups excluding carboxylic acids is 1. The highest BCUT2D eigenvalue weighted by atomic mass is 16.5. The number of amides is 1. The number of aromatic nitrogens is 6. The molecular weight excluding hydrogens is 322 g/mol. The Labute approximate surface area is 144 Å². The van der Waals surface area contributed by atoms with Crippen LogP contribution in [0.1, 0.15) is 60.9 Å². The van der Waals surface area contributed by atoms with E-state index < -0.39 is 0 Å². The minimum absolute atomic E-state index is 0.0489. The maximum atomic E-state index is 12.8. The highest BCUT2D eigenvalue weighted by Gasteiger charge is 2.31. The maximum absolute atomic E-state index is 12.8. The number of hydrogen-bond donors (Lipinski definition) is 0. The molecule has 25 heavy (non-hydrogen) atoms. The van der Waals surface area contributed by atoms with E-state index in [0.717, 1.165) is 12.8 Å². The molecule has 3 aromatic rings. The number of carbonyl (C=O) groups is 1. The lowest BCUT2D eigenvalue weighted by Gasteiger charge is -2.30. The second-order valence-electron chi connectivity index (χ2n) is 6.54. The number of fused-ring (bicyclic) bond motifs is 1. The van der Waals surface area contributed by atoms with Crippen molar-refractivity contribution >= 4 is 11.7 Å². The smallest absolute Gasteiger partial charge is 0.293 e. The van der Waals surface area contributed by atoms with Gasteiger partial charge in [0, 0.05) is 31.4 Å². The van der Waals surface area contributed by atoms with Crippen LogP contribution < -0.4 is 0 Å². The van der Waals surface area contributed by atoms with E-state index in [2.05, 4.69) is 25.2 Å². The molecule has 0 N–H and O–H groups in total. The normalized spacial score (nSPS) is 18.2. The summed E-state index contributed by atoms with van der Waals surface area (Å²) in [6, 6.07) is 1.74. The predicted molar refractivity (Wildman–Crippen MR) is 87.0 cm³/mol. The Hall–Kier alpha value is -2.84. The van der Waals surface area contributed by atoms with Gasteiger partial charge in [-0.05, 0) is 18.9 Å². The fraction of sp³-hybridized carbons (Fsp3) is 0.500. The van der Waals surface area contributed by atoms with Gasteiger partial charge < -0.3 is 9.42 Å². The summed E-state index contributed by atoms with van der Waals surface area (Å²) in [6.07, 6.45) is 5.14. The molecule has 4 heterocycles. The van der Waals surface area contributed by atoms with Crippen LogP contribution in [-0.4, -0.2) is 53.6 Å². The fourth-order valence-electron chi connectivity index (χ4n) is 2.98. The van der Waals surface area contributed by atoms with Crippen molar-refractivity contribution in [3.8, 4) is 0 Å². The lowest BCUT2D eigenvalue weighted by atomic mass is 9.98. The summed E-state index contributed by atoms with van der Waals surface area (Å²) >= 11 is 0. The topological polar surface area (TPSA) is 102 Å². The highest BCUT2D eigenvalue weighted by Crippen LogP contribution is 2.27. The van der Waals surface area contributed by atoms with Gasteiger partial charge in [0.2, 0.25) is 11.7 Å². The summed E-state index contributed by atoms with van der Waals surface area (Å²) in [5.74, 6) is 1.95. The molecule has 1 aliphatic heterocycles. The van der Waals surface area contributed by atoms with Crippen LogP contribution in [0.25, 0.3) is 5.78 Å². The van der Waals surface area contributed by atoms with Gasteiger partial charge in [-0.2, -0.15) is 9.97 Å². The van der Waals surface area contributed by atoms with Crippen molar-refractivity contribution in [2.45, 2.75) is 38.5 Å². The van der Waals surface area contributed by atoms with E-state index in [-0.39, 0.29) is 23.6 Å². The number of likely N-dealkylation sites (tertiary alicyclic amines) is 1. The van der Waals surface area contributed by atoms with E-state index >= 15 is 0 Å². The summed E-state index contributed by atoms with van der Waals surface area (Å²) in [5, 5.41) is 8.24. The SMILES string of the molecule is CC(C)c1noc(C2CCCN(C(=O)c3nc4ncccn4n3)C2)n1. The summed E-state index contributed by atoms with van der Waals surface area (Å²) in [6.45, 7) is 5.24. The number of hydrogen-bond acceptors (Lipinski definition) is 7. The second-order valence-corrected chi connectivity index (χ2v) is 6.54. The van der Waals surface area contributed by atoms with Gasteiger partial charge >= 0.3 is 0 Å². The minimum atomic E-state index is -0.196. The van der Waals surface area contributed by atoms with Gasteiger partial charge in [0.05, 0.1) is 5.92 Å². The van der Waals surface area contributed by atoms with Crippen molar-refractivity contribution < 1.29 is 9.32 Å². The lowest BCUT2D eigenvalue weighted by Crippen LogP contribution is -2.39. The van der Waals surface area contributed by atoms with E-state index in [1.54, 1.807) is 23.4 Å². The van der Waals surface area contributed by atoms with Crippen molar-refractivity contribution in [2.24, 2.45) is 0 Å². The zero-order valence-corrected chi connectivity index (χ0v) is 14.2. The Morgan fingerprint density at radius 2 is 2.24 bits per heavy atom. The van der Waals surface area contributed by atoms with Gasteiger partial charge in [0.15, 0.2) is 5.82 Å². The molecule has 130 valence electrons. The molecule has 9 heteroatoms. The molecule has 0 bridgehead atoms. The van der Waals surface area contributed by atoms with E-state index in [0.29, 0.717) is 30.6 Å². The highest BCUT2D eigenvalue weighted by molar-refractivity contribution is 5.91. The van der Waals surface area contributed by atoms with Crippen LogP contribution >= 0.6 is 0 Å². The molecule has 0 aliphatic carbocycles. The van der Waals surface area contributed by atoms with Gasteiger partial charge in [-0.3, -0.25) is 4.79 Å². The molecule has 1 aliphatic rings. The monoisotopic (exact) mass is 341 g/mol. The van der Waals surface area contributed by atoms with Crippen LogP contribution in [-0.2, 0) is 0 Å². The van der Waals surface area contributed by atoms with Crippen LogP contribution in [0.4, 0.5) is 0 Å². The first kappa shape index (κ1) is 15.7. The lowest BCUT2D eigenvalue weighted by molar-refractivity contribution is 0.0683. The quantitative estimate of drug-likeness (QED) is 0.713. The van der Waals surface area contributed by atoms with Gasteiger partial charge in [-0.15, -0.1) is 5.10 Å². The standard InChI is InChI=1S/C16H19N7O2/c1-10(2)12-18-14(25-21-12)11-5-3-7-22(9-11)15(24)13-19-16-17-6-4-8-23(16)20-13/h4,6,8,10-11H,3,5,7,9H2,1-2H3. The van der Waals surface area contributed by atoms with Crippen LogP contribution in [0.2, 0.25) is 0 Å². The Bertz CT molecular complexity index is 868. The molecule has 1 fully saturated rings. The molecule has 0 spiro atoms. The third-order valence-electron chi connectivity index (χ3n) is 4.34. The Balaban J connectivity index is 1.52. The van der Waals surface area contributed by atoms with Crippen LogP contribution in [0.5, 0.6) is 0 Å². The number of rotatable bonds is 3. The third kappa shape index (κ3) is 2.97. The molecule has 0 saturated carbocycles.